The molecule has 23 heavy (non-hydrogen) atoms. The fraction of sp³-hybridized carbons (Fsp3) is 0.100. The monoisotopic (exact) mass is 303 g/mol. The molecule has 3 aromatic rings. The van der Waals surface area contributed by atoms with E-state index in [1.54, 1.807) is 12.3 Å². The van der Waals surface area contributed by atoms with Crippen LogP contribution in [-0.2, 0) is 4.74 Å². The molecular formula is C20H17NO2. The van der Waals surface area contributed by atoms with Crippen LogP contribution in [0.15, 0.2) is 72.9 Å². The van der Waals surface area contributed by atoms with Gasteiger partial charge in [-0.05, 0) is 36.2 Å². The van der Waals surface area contributed by atoms with Crippen LogP contribution in [0.1, 0.15) is 17.3 Å². The fourth-order valence-electron chi connectivity index (χ4n) is 2.57. The van der Waals surface area contributed by atoms with E-state index in [4.69, 9.17) is 4.74 Å². The van der Waals surface area contributed by atoms with Gasteiger partial charge in [0.2, 0.25) is 0 Å². The molecule has 0 aliphatic carbocycles. The zero-order valence-electron chi connectivity index (χ0n) is 12.9. The summed E-state index contributed by atoms with van der Waals surface area (Å²) in [6.45, 7) is 2.16. The molecule has 0 fully saturated rings. The molecule has 1 heterocycles. The maximum absolute atomic E-state index is 12.2. The smallest absolute Gasteiger partial charge is 0.338 e. The van der Waals surface area contributed by atoms with Crippen LogP contribution >= 0.6 is 0 Å². The van der Waals surface area contributed by atoms with E-state index >= 15 is 0 Å². The topological polar surface area (TPSA) is 39.2 Å². The second-order valence-corrected chi connectivity index (χ2v) is 5.03. The summed E-state index contributed by atoms with van der Waals surface area (Å²) in [4.78, 5) is 16.7. The molecular weight excluding hydrogens is 286 g/mol. The lowest BCUT2D eigenvalue weighted by molar-refractivity contribution is 0.0527. The van der Waals surface area contributed by atoms with Gasteiger partial charge >= 0.3 is 5.97 Å². The third-order valence-corrected chi connectivity index (χ3v) is 3.58. The molecule has 3 rings (SSSR count). The van der Waals surface area contributed by atoms with Crippen molar-refractivity contribution in [2.45, 2.75) is 6.92 Å². The van der Waals surface area contributed by atoms with Crippen molar-refractivity contribution in [3.8, 4) is 22.4 Å². The Morgan fingerprint density at radius 2 is 1.52 bits per heavy atom. The number of ether oxygens (including phenoxy) is 1. The van der Waals surface area contributed by atoms with Crippen LogP contribution < -0.4 is 0 Å². The third-order valence-electron chi connectivity index (χ3n) is 3.58. The molecule has 0 bridgehead atoms. The summed E-state index contributed by atoms with van der Waals surface area (Å²) in [5, 5.41) is 0. The highest BCUT2D eigenvalue weighted by Gasteiger charge is 2.16. The Hall–Kier alpha value is -2.94. The molecule has 114 valence electrons. The minimum atomic E-state index is -0.307. The van der Waals surface area contributed by atoms with Crippen LogP contribution in [-0.4, -0.2) is 17.6 Å². The van der Waals surface area contributed by atoms with Gasteiger partial charge in [-0.3, -0.25) is 4.98 Å². The highest BCUT2D eigenvalue weighted by Crippen LogP contribution is 2.33. The van der Waals surface area contributed by atoms with Crippen molar-refractivity contribution in [2.24, 2.45) is 0 Å². The Labute approximate surface area is 135 Å². The standard InChI is InChI=1S/C20H17NO2/c1-2-23-20(22)18-12-6-4-10-16(18)15-9-3-5-11-17(15)19-13-7-8-14-21-19/h3-14H,2H2,1H3. The van der Waals surface area contributed by atoms with Crippen LogP contribution in [0.2, 0.25) is 0 Å². The normalized spacial score (nSPS) is 10.3. The summed E-state index contributed by atoms with van der Waals surface area (Å²) in [6, 6.07) is 21.3. The number of benzene rings is 2. The molecule has 0 radical (unpaired) electrons. The van der Waals surface area contributed by atoms with Gasteiger partial charge in [0, 0.05) is 11.8 Å². The second kappa shape index (κ2) is 6.88. The van der Waals surface area contributed by atoms with E-state index in [0.29, 0.717) is 12.2 Å². The van der Waals surface area contributed by atoms with E-state index in [1.165, 1.54) is 0 Å². The van der Waals surface area contributed by atoms with Gasteiger partial charge in [0.15, 0.2) is 0 Å². The van der Waals surface area contributed by atoms with Crippen molar-refractivity contribution in [3.05, 3.63) is 78.5 Å². The van der Waals surface area contributed by atoms with Gasteiger partial charge in [-0.2, -0.15) is 0 Å². The van der Waals surface area contributed by atoms with Gasteiger partial charge < -0.3 is 4.74 Å². The Morgan fingerprint density at radius 3 is 2.22 bits per heavy atom. The van der Waals surface area contributed by atoms with Crippen molar-refractivity contribution in [1.29, 1.82) is 0 Å². The molecule has 2 aromatic carbocycles. The van der Waals surface area contributed by atoms with Gasteiger partial charge in [0.05, 0.1) is 17.9 Å². The zero-order chi connectivity index (χ0) is 16.1. The number of rotatable bonds is 4. The van der Waals surface area contributed by atoms with Crippen LogP contribution in [0.25, 0.3) is 22.4 Å². The van der Waals surface area contributed by atoms with Crippen molar-refractivity contribution in [3.63, 3.8) is 0 Å². The number of esters is 1. The summed E-state index contributed by atoms with van der Waals surface area (Å²) in [6.07, 6.45) is 1.77. The number of carbonyl (C=O) groups excluding carboxylic acids is 1. The van der Waals surface area contributed by atoms with Crippen molar-refractivity contribution < 1.29 is 9.53 Å². The summed E-state index contributed by atoms with van der Waals surface area (Å²) >= 11 is 0. The lowest BCUT2D eigenvalue weighted by Gasteiger charge is -2.13. The van der Waals surface area contributed by atoms with E-state index in [1.807, 2.05) is 67.6 Å². The Kier molecular flexibility index (Phi) is 4.48. The van der Waals surface area contributed by atoms with Gasteiger partial charge in [-0.15, -0.1) is 0 Å². The summed E-state index contributed by atoms with van der Waals surface area (Å²) < 4.78 is 5.18. The van der Waals surface area contributed by atoms with Crippen LogP contribution in [0.5, 0.6) is 0 Å². The Bertz CT molecular complexity index is 813. The quantitative estimate of drug-likeness (QED) is 0.662. The molecule has 0 spiro atoms. The van der Waals surface area contributed by atoms with Crippen molar-refractivity contribution >= 4 is 5.97 Å². The summed E-state index contributed by atoms with van der Waals surface area (Å²) in [5.41, 5.74) is 4.26. The first-order valence-corrected chi connectivity index (χ1v) is 7.58. The summed E-state index contributed by atoms with van der Waals surface area (Å²) in [7, 11) is 0. The number of hydrogen-bond donors (Lipinski definition) is 0. The van der Waals surface area contributed by atoms with E-state index in [-0.39, 0.29) is 5.97 Å². The molecule has 3 nitrogen and oxygen atoms in total. The molecule has 0 atom stereocenters. The first-order valence-electron chi connectivity index (χ1n) is 7.58. The minimum absolute atomic E-state index is 0.307. The van der Waals surface area contributed by atoms with E-state index < -0.39 is 0 Å². The molecule has 1 aromatic heterocycles. The van der Waals surface area contributed by atoms with Gasteiger partial charge in [-0.1, -0.05) is 48.5 Å². The second-order valence-electron chi connectivity index (χ2n) is 5.03. The minimum Gasteiger partial charge on any atom is -0.462 e. The maximum Gasteiger partial charge on any atom is 0.338 e. The molecule has 0 amide bonds. The van der Waals surface area contributed by atoms with E-state index in [9.17, 15) is 4.79 Å². The fourth-order valence-corrected chi connectivity index (χ4v) is 2.57. The zero-order valence-corrected chi connectivity index (χ0v) is 12.9. The number of nitrogens with zero attached hydrogens (tertiary/aromatic N) is 1. The molecule has 0 unspecified atom stereocenters. The number of pyridine rings is 1. The van der Waals surface area contributed by atoms with Crippen molar-refractivity contribution in [2.75, 3.05) is 6.61 Å². The van der Waals surface area contributed by atoms with Gasteiger partial charge in [-0.25, -0.2) is 4.79 Å². The van der Waals surface area contributed by atoms with E-state index in [2.05, 4.69) is 4.98 Å². The average molecular weight is 303 g/mol. The molecule has 0 N–H and O–H groups in total. The highest BCUT2D eigenvalue weighted by molar-refractivity contribution is 5.99. The van der Waals surface area contributed by atoms with Crippen LogP contribution in [0, 0.1) is 0 Å². The summed E-state index contributed by atoms with van der Waals surface area (Å²) in [5.74, 6) is -0.307. The molecule has 0 aliphatic rings. The molecule has 3 heteroatoms. The van der Waals surface area contributed by atoms with Gasteiger partial charge in [0.25, 0.3) is 0 Å². The van der Waals surface area contributed by atoms with E-state index in [0.717, 1.165) is 22.4 Å². The predicted octanol–water partition coefficient (Wildman–Crippen LogP) is 4.59. The third kappa shape index (κ3) is 3.14. The lowest BCUT2D eigenvalue weighted by atomic mass is 9.94. The SMILES string of the molecule is CCOC(=O)c1ccccc1-c1ccccc1-c1ccccn1. The van der Waals surface area contributed by atoms with Crippen LogP contribution in [0.4, 0.5) is 0 Å². The predicted molar refractivity (Wildman–Crippen MR) is 91.1 cm³/mol. The highest BCUT2D eigenvalue weighted by atomic mass is 16.5. The molecule has 0 saturated heterocycles. The number of hydrogen-bond acceptors (Lipinski definition) is 3. The first-order chi connectivity index (χ1) is 11.3. The lowest BCUT2D eigenvalue weighted by Crippen LogP contribution is -2.06. The molecule has 0 aliphatic heterocycles. The van der Waals surface area contributed by atoms with Gasteiger partial charge in [0.1, 0.15) is 0 Å². The average Bonchev–Trinajstić information content (AvgIpc) is 2.63. The Balaban J connectivity index is 2.16. The number of carbonyl (C=O) groups is 1. The van der Waals surface area contributed by atoms with Crippen LogP contribution in [0.3, 0.4) is 0 Å². The maximum atomic E-state index is 12.2. The first kappa shape index (κ1) is 15.0. The Morgan fingerprint density at radius 1 is 0.870 bits per heavy atom. The largest absolute Gasteiger partial charge is 0.462 e. The number of aromatic nitrogens is 1. The molecule has 0 saturated carbocycles. The van der Waals surface area contributed by atoms with Crippen molar-refractivity contribution in [1.82, 2.24) is 4.98 Å².